The van der Waals surface area contributed by atoms with Crippen molar-refractivity contribution < 1.29 is 9.84 Å². The number of aliphatic hydroxyl groups is 1. The Balaban J connectivity index is 2.49. The Morgan fingerprint density at radius 3 is 2.12 bits per heavy atom. The van der Waals surface area contributed by atoms with Crippen molar-refractivity contribution in [3.63, 3.8) is 0 Å². The molecule has 2 heteroatoms. The fourth-order valence-corrected chi connectivity index (χ4v) is 1.58. The van der Waals surface area contributed by atoms with Crippen LogP contribution >= 0.6 is 0 Å². The van der Waals surface area contributed by atoms with Crippen LogP contribution in [0.3, 0.4) is 0 Å². The minimum atomic E-state index is -0.409. The molecular weight excluding hydrogens is 200 g/mol. The zero-order valence-corrected chi connectivity index (χ0v) is 10.4. The topological polar surface area (TPSA) is 29.5 Å². The Morgan fingerprint density at radius 2 is 1.69 bits per heavy atom. The highest BCUT2D eigenvalue weighted by molar-refractivity contribution is 5.28. The maximum Gasteiger partial charge on any atom is 0.119 e. The van der Waals surface area contributed by atoms with E-state index in [1.165, 1.54) is 0 Å². The van der Waals surface area contributed by atoms with Crippen molar-refractivity contribution in [2.24, 2.45) is 5.92 Å². The molecule has 0 saturated heterocycles. The van der Waals surface area contributed by atoms with Gasteiger partial charge in [0.05, 0.1) is 12.7 Å². The number of rotatable bonds is 6. The predicted molar refractivity (Wildman–Crippen MR) is 66.6 cm³/mol. The standard InChI is InChI=1S/C14H22O2/c1-4-12(5-2)10-16-14-8-6-13(7-9-14)11(3)15/h6-9,11-12,15H,4-5,10H2,1-3H3/t11-/m1/s1. The minimum Gasteiger partial charge on any atom is -0.493 e. The van der Waals surface area contributed by atoms with Crippen molar-refractivity contribution >= 4 is 0 Å². The summed E-state index contributed by atoms with van der Waals surface area (Å²) in [5.41, 5.74) is 0.926. The van der Waals surface area contributed by atoms with Crippen LogP contribution in [0.4, 0.5) is 0 Å². The van der Waals surface area contributed by atoms with Crippen LogP contribution in [0.15, 0.2) is 24.3 Å². The molecule has 0 unspecified atom stereocenters. The lowest BCUT2D eigenvalue weighted by Crippen LogP contribution is -2.10. The summed E-state index contributed by atoms with van der Waals surface area (Å²) < 4.78 is 5.70. The Kier molecular flexibility index (Phi) is 5.33. The van der Waals surface area contributed by atoms with Gasteiger partial charge in [-0.2, -0.15) is 0 Å². The summed E-state index contributed by atoms with van der Waals surface area (Å²) >= 11 is 0. The molecule has 1 aromatic carbocycles. The third kappa shape index (κ3) is 3.86. The molecule has 0 aliphatic carbocycles. The smallest absolute Gasteiger partial charge is 0.119 e. The molecule has 1 aromatic rings. The molecule has 0 saturated carbocycles. The maximum atomic E-state index is 9.37. The highest BCUT2D eigenvalue weighted by atomic mass is 16.5. The van der Waals surface area contributed by atoms with Gasteiger partial charge in [0.15, 0.2) is 0 Å². The summed E-state index contributed by atoms with van der Waals surface area (Å²) in [7, 11) is 0. The first-order valence-corrected chi connectivity index (χ1v) is 6.08. The SMILES string of the molecule is CCC(CC)COc1ccc([C@@H](C)O)cc1. The summed E-state index contributed by atoms with van der Waals surface area (Å²) in [5, 5.41) is 9.37. The van der Waals surface area contributed by atoms with E-state index in [2.05, 4.69) is 13.8 Å². The van der Waals surface area contributed by atoms with Crippen molar-refractivity contribution in [2.75, 3.05) is 6.61 Å². The van der Waals surface area contributed by atoms with Gasteiger partial charge in [-0.1, -0.05) is 38.8 Å². The van der Waals surface area contributed by atoms with Gasteiger partial charge in [0.2, 0.25) is 0 Å². The largest absolute Gasteiger partial charge is 0.493 e. The lowest BCUT2D eigenvalue weighted by Gasteiger charge is -2.14. The molecule has 16 heavy (non-hydrogen) atoms. The van der Waals surface area contributed by atoms with Crippen LogP contribution in [-0.2, 0) is 0 Å². The Labute approximate surface area is 98.3 Å². The van der Waals surface area contributed by atoms with Crippen LogP contribution < -0.4 is 4.74 Å². The summed E-state index contributed by atoms with van der Waals surface area (Å²) in [6.45, 7) is 6.92. The van der Waals surface area contributed by atoms with Crippen LogP contribution in [0.5, 0.6) is 5.75 Å². The molecule has 0 radical (unpaired) electrons. The van der Waals surface area contributed by atoms with Crippen LogP contribution in [0.1, 0.15) is 45.3 Å². The van der Waals surface area contributed by atoms with Gasteiger partial charge in [0.1, 0.15) is 5.75 Å². The van der Waals surface area contributed by atoms with Crippen molar-refractivity contribution in [1.29, 1.82) is 0 Å². The van der Waals surface area contributed by atoms with Crippen molar-refractivity contribution in [3.05, 3.63) is 29.8 Å². The van der Waals surface area contributed by atoms with E-state index in [9.17, 15) is 5.11 Å². The molecule has 0 spiro atoms. The van der Waals surface area contributed by atoms with Gasteiger partial charge < -0.3 is 9.84 Å². The first-order chi connectivity index (χ1) is 7.67. The first-order valence-electron chi connectivity index (χ1n) is 6.08. The molecule has 1 atom stereocenters. The summed E-state index contributed by atoms with van der Waals surface area (Å²) in [6.07, 6.45) is 1.90. The Morgan fingerprint density at radius 1 is 1.12 bits per heavy atom. The molecule has 2 nitrogen and oxygen atoms in total. The second-order valence-corrected chi connectivity index (χ2v) is 4.24. The third-order valence-electron chi connectivity index (χ3n) is 3.00. The molecule has 0 fully saturated rings. The molecule has 1 N–H and O–H groups in total. The molecule has 0 aromatic heterocycles. The summed E-state index contributed by atoms with van der Waals surface area (Å²) in [5.74, 6) is 1.52. The van der Waals surface area contributed by atoms with E-state index in [4.69, 9.17) is 4.74 Å². The fourth-order valence-electron chi connectivity index (χ4n) is 1.58. The number of aliphatic hydroxyl groups excluding tert-OH is 1. The first kappa shape index (κ1) is 13.0. The van der Waals surface area contributed by atoms with Gasteiger partial charge in [-0.15, -0.1) is 0 Å². The van der Waals surface area contributed by atoms with Gasteiger partial charge in [-0.05, 0) is 30.5 Å². The van der Waals surface area contributed by atoms with Crippen molar-refractivity contribution in [3.8, 4) is 5.75 Å². The van der Waals surface area contributed by atoms with Crippen LogP contribution in [0.25, 0.3) is 0 Å². The van der Waals surface area contributed by atoms with Gasteiger partial charge in [-0.3, -0.25) is 0 Å². The molecule has 0 bridgehead atoms. The van der Waals surface area contributed by atoms with Crippen LogP contribution in [0, 0.1) is 5.92 Å². The normalized spacial score (nSPS) is 12.8. The second kappa shape index (κ2) is 6.54. The summed E-state index contributed by atoms with van der Waals surface area (Å²) in [4.78, 5) is 0. The van der Waals surface area contributed by atoms with Crippen LogP contribution in [-0.4, -0.2) is 11.7 Å². The van der Waals surface area contributed by atoms with Crippen molar-refractivity contribution in [2.45, 2.75) is 39.7 Å². The second-order valence-electron chi connectivity index (χ2n) is 4.24. The molecule has 0 amide bonds. The van der Waals surface area contributed by atoms with Gasteiger partial charge in [0.25, 0.3) is 0 Å². The van der Waals surface area contributed by atoms with Crippen LogP contribution in [0.2, 0.25) is 0 Å². The average Bonchev–Trinajstić information content (AvgIpc) is 2.31. The van der Waals surface area contributed by atoms with Gasteiger partial charge in [0, 0.05) is 0 Å². The van der Waals surface area contributed by atoms with E-state index in [0.29, 0.717) is 5.92 Å². The number of ether oxygens (including phenoxy) is 1. The monoisotopic (exact) mass is 222 g/mol. The number of benzene rings is 1. The van der Waals surface area contributed by atoms with E-state index in [1.807, 2.05) is 24.3 Å². The molecular formula is C14H22O2. The Hall–Kier alpha value is -1.02. The number of hydrogen-bond acceptors (Lipinski definition) is 2. The van der Waals surface area contributed by atoms with Gasteiger partial charge in [-0.25, -0.2) is 0 Å². The number of hydrogen-bond donors (Lipinski definition) is 1. The zero-order valence-electron chi connectivity index (χ0n) is 10.4. The third-order valence-corrected chi connectivity index (χ3v) is 3.00. The van der Waals surface area contributed by atoms with E-state index in [-0.39, 0.29) is 0 Å². The highest BCUT2D eigenvalue weighted by Crippen LogP contribution is 2.18. The average molecular weight is 222 g/mol. The van der Waals surface area contributed by atoms with E-state index in [0.717, 1.165) is 30.8 Å². The highest BCUT2D eigenvalue weighted by Gasteiger charge is 2.05. The summed E-state index contributed by atoms with van der Waals surface area (Å²) in [6, 6.07) is 7.66. The fraction of sp³-hybridized carbons (Fsp3) is 0.571. The quantitative estimate of drug-likeness (QED) is 0.797. The molecule has 0 aliphatic heterocycles. The van der Waals surface area contributed by atoms with E-state index < -0.39 is 6.10 Å². The predicted octanol–water partition coefficient (Wildman–Crippen LogP) is 3.55. The van der Waals surface area contributed by atoms with Crippen molar-refractivity contribution in [1.82, 2.24) is 0 Å². The van der Waals surface area contributed by atoms with E-state index in [1.54, 1.807) is 6.92 Å². The molecule has 90 valence electrons. The molecule has 1 rings (SSSR count). The lowest BCUT2D eigenvalue weighted by atomic mass is 10.1. The zero-order chi connectivity index (χ0) is 12.0. The Bertz CT molecular complexity index is 286. The lowest BCUT2D eigenvalue weighted by molar-refractivity contribution is 0.199. The maximum absolute atomic E-state index is 9.37. The molecule has 0 aliphatic rings. The molecule has 0 heterocycles. The minimum absolute atomic E-state index is 0.409. The van der Waals surface area contributed by atoms with Gasteiger partial charge >= 0.3 is 0 Å². The van der Waals surface area contributed by atoms with E-state index >= 15 is 0 Å².